The summed E-state index contributed by atoms with van der Waals surface area (Å²) < 4.78 is 38.8. The predicted molar refractivity (Wildman–Crippen MR) is 79.4 cm³/mol. The number of hydrogen-bond acceptors (Lipinski definition) is 3. The van der Waals surface area contributed by atoms with Gasteiger partial charge in [0.25, 0.3) is 0 Å². The molecule has 3 nitrogen and oxygen atoms in total. The quantitative estimate of drug-likeness (QED) is 0.694. The van der Waals surface area contributed by atoms with Gasteiger partial charge in [0, 0.05) is 24.6 Å². The van der Waals surface area contributed by atoms with E-state index in [9.17, 15) is 13.2 Å². The molecule has 2 heterocycles. The minimum Gasteiger partial charge on any atom is -0.356 e. The number of aromatic nitrogens is 2. The van der Waals surface area contributed by atoms with Crippen LogP contribution >= 0.6 is 15.9 Å². The van der Waals surface area contributed by atoms with E-state index in [1.54, 1.807) is 6.07 Å². The number of anilines is 1. The Balaban J connectivity index is 2.16. The molecule has 1 aliphatic rings. The normalized spacial score (nSPS) is 18.1. The van der Waals surface area contributed by atoms with Crippen molar-refractivity contribution in [3.05, 3.63) is 16.5 Å². The molecule has 0 spiro atoms. The molecule has 1 fully saturated rings. The number of alkyl halides is 3. The largest absolute Gasteiger partial charge is 0.391 e. The van der Waals surface area contributed by atoms with Gasteiger partial charge in [-0.25, -0.2) is 9.97 Å². The van der Waals surface area contributed by atoms with Gasteiger partial charge >= 0.3 is 6.18 Å². The molecule has 1 aromatic heterocycles. The smallest absolute Gasteiger partial charge is 0.356 e. The van der Waals surface area contributed by atoms with Crippen LogP contribution in [-0.4, -0.2) is 29.2 Å². The molecule has 7 heteroatoms. The Morgan fingerprint density at radius 1 is 1.14 bits per heavy atom. The molecule has 1 saturated heterocycles. The SMILES string of the molecule is CC(C)(C)c1nc(Br)cc(N2CCC(C(F)(F)F)CC2)n1. The van der Waals surface area contributed by atoms with Crippen LogP contribution in [0.1, 0.15) is 39.4 Å². The van der Waals surface area contributed by atoms with Gasteiger partial charge in [-0.1, -0.05) is 20.8 Å². The molecule has 1 aliphatic heterocycles. The summed E-state index contributed by atoms with van der Waals surface area (Å²) in [4.78, 5) is 10.8. The number of rotatable bonds is 1. The van der Waals surface area contributed by atoms with Crippen molar-refractivity contribution < 1.29 is 13.2 Å². The fourth-order valence-corrected chi connectivity index (χ4v) is 2.71. The van der Waals surface area contributed by atoms with E-state index in [1.807, 2.05) is 25.7 Å². The summed E-state index contributed by atoms with van der Waals surface area (Å²) in [6.07, 6.45) is -3.85. The van der Waals surface area contributed by atoms with Gasteiger partial charge in [0.2, 0.25) is 0 Å². The third-order valence-corrected chi connectivity index (χ3v) is 4.04. The lowest BCUT2D eigenvalue weighted by Crippen LogP contribution is -2.39. The third-order valence-electron chi connectivity index (χ3n) is 3.63. The van der Waals surface area contributed by atoms with Gasteiger partial charge in [-0.2, -0.15) is 13.2 Å². The maximum absolute atomic E-state index is 12.7. The van der Waals surface area contributed by atoms with E-state index in [-0.39, 0.29) is 18.3 Å². The molecule has 21 heavy (non-hydrogen) atoms. The van der Waals surface area contributed by atoms with Gasteiger partial charge in [0.1, 0.15) is 16.2 Å². The molecule has 0 radical (unpaired) electrons. The number of halogens is 4. The first-order valence-electron chi connectivity index (χ1n) is 6.94. The van der Waals surface area contributed by atoms with Crippen molar-refractivity contribution >= 4 is 21.7 Å². The minimum atomic E-state index is -4.09. The van der Waals surface area contributed by atoms with Crippen LogP contribution in [0.25, 0.3) is 0 Å². The summed E-state index contributed by atoms with van der Waals surface area (Å²) >= 11 is 3.36. The number of hydrogen-bond donors (Lipinski definition) is 0. The van der Waals surface area contributed by atoms with Gasteiger partial charge in [-0.05, 0) is 28.8 Å². The molecule has 0 bridgehead atoms. The van der Waals surface area contributed by atoms with E-state index in [2.05, 4.69) is 25.9 Å². The van der Waals surface area contributed by atoms with E-state index >= 15 is 0 Å². The molecule has 118 valence electrons. The lowest BCUT2D eigenvalue weighted by atomic mass is 9.95. The van der Waals surface area contributed by atoms with Crippen molar-refractivity contribution in [1.82, 2.24) is 9.97 Å². The molecule has 0 atom stereocenters. The summed E-state index contributed by atoms with van der Waals surface area (Å²) in [5, 5.41) is 0. The monoisotopic (exact) mass is 365 g/mol. The summed E-state index contributed by atoms with van der Waals surface area (Å²) in [5.74, 6) is 0.188. The Hall–Kier alpha value is -0.850. The zero-order valence-corrected chi connectivity index (χ0v) is 13.9. The van der Waals surface area contributed by atoms with Crippen LogP contribution < -0.4 is 4.90 Å². The van der Waals surface area contributed by atoms with Gasteiger partial charge in [-0.3, -0.25) is 0 Å². The number of nitrogens with zero attached hydrogens (tertiary/aromatic N) is 3. The molecular formula is C14H19BrF3N3. The molecule has 0 aromatic carbocycles. The van der Waals surface area contributed by atoms with E-state index < -0.39 is 12.1 Å². The molecule has 0 aliphatic carbocycles. The van der Waals surface area contributed by atoms with E-state index in [1.165, 1.54) is 0 Å². The Morgan fingerprint density at radius 2 is 1.71 bits per heavy atom. The topological polar surface area (TPSA) is 29.0 Å². The molecule has 0 N–H and O–H groups in total. The molecule has 0 amide bonds. The Kier molecular flexibility index (Phi) is 4.52. The summed E-state index contributed by atoms with van der Waals surface area (Å²) in [6, 6.07) is 1.77. The Bertz CT molecular complexity index is 503. The first-order valence-corrected chi connectivity index (χ1v) is 7.73. The summed E-state index contributed by atoms with van der Waals surface area (Å²) in [7, 11) is 0. The van der Waals surface area contributed by atoms with Crippen molar-refractivity contribution in [2.24, 2.45) is 5.92 Å². The van der Waals surface area contributed by atoms with Crippen LogP contribution in [0.5, 0.6) is 0 Å². The first-order chi connectivity index (χ1) is 9.57. The van der Waals surface area contributed by atoms with Crippen molar-refractivity contribution in [2.45, 2.75) is 45.2 Å². The van der Waals surface area contributed by atoms with Crippen molar-refractivity contribution in [2.75, 3.05) is 18.0 Å². The lowest BCUT2D eigenvalue weighted by molar-refractivity contribution is -0.179. The maximum atomic E-state index is 12.7. The fraction of sp³-hybridized carbons (Fsp3) is 0.714. The van der Waals surface area contributed by atoms with Crippen molar-refractivity contribution in [1.29, 1.82) is 0 Å². The molecule has 1 aromatic rings. The second kappa shape index (κ2) is 5.74. The molecule has 2 rings (SSSR count). The average molecular weight is 366 g/mol. The van der Waals surface area contributed by atoms with Gasteiger partial charge in [0.15, 0.2) is 0 Å². The van der Waals surface area contributed by atoms with Crippen LogP contribution in [0.3, 0.4) is 0 Å². The van der Waals surface area contributed by atoms with E-state index in [4.69, 9.17) is 0 Å². The predicted octanol–water partition coefficient (Wildman–Crippen LogP) is 4.32. The zero-order valence-electron chi connectivity index (χ0n) is 12.3. The highest BCUT2D eigenvalue weighted by atomic mass is 79.9. The van der Waals surface area contributed by atoms with Crippen molar-refractivity contribution in [3.8, 4) is 0 Å². The lowest BCUT2D eigenvalue weighted by Gasteiger charge is -2.34. The maximum Gasteiger partial charge on any atom is 0.391 e. The van der Waals surface area contributed by atoms with Crippen LogP contribution in [0, 0.1) is 5.92 Å². The van der Waals surface area contributed by atoms with Gasteiger partial charge in [-0.15, -0.1) is 0 Å². The van der Waals surface area contributed by atoms with Crippen molar-refractivity contribution in [3.63, 3.8) is 0 Å². The first kappa shape index (κ1) is 16.5. The highest BCUT2D eigenvalue weighted by Gasteiger charge is 2.41. The highest BCUT2D eigenvalue weighted by molar-refractivity contribution is 9.10. The second-order valence-electron chi connectivity index (χ2n) is 6.43. The van der Waals surface area contributed by atoms with Crippen LogP contribution in [0.15, 0.2) is 10.7 Å². The minimum absolute atomic E-state index is 0.121. The fourth-order valence-electron chi connectivity index (χ4n) is 2.34. The van der Waals surface area contributed by atoms with Gasteiger partial charge < -0.3 is 4.90 Å². The van der Waals surface area contributed by atoms with Crippen LogP contribution in [-0.2, 0) is 5.41 Å². The number of piperidine rings is 1. The molecular weight excluding hydrogens is 347 g/mol. The second-order valence-corrected chi connectivity index (χ2v) is 7.24. The molecule has 0 saturated carbocycles. The Labute approximate surface area is 131 Å². The highest BCUT2D eigenvalue weighted by Crippen LogP contribution is 2.35. The van der Waals surface area contributed by atoms with Crippen LogP contribution in [0.2, 0.25) is 0 Å². The summed E-state index contributed by atoms with van der Waals surface area (Å²) in [6.45, 7) is 6.77. The summed E-state index contributed by atoms with van der Waals surface area (Å²) in [5.41, 5.74) is -0.206. The third kappa shape index (κ3) is 4.08. The zero-order chi connectivity index (χ0) is 15.8. The Morgan fingerprint density at radius 3 is 2.19 bits per heavy atom. The molecule has 0 unspecified atom stereocenters. The van der Waals surface area contributed by atoms with E-state index in [0.717, 1.165) is 0 Å². The average Bonchev–Trinajstić information content (AvgIpc) is 2.36. The standard InChI is InChI=1S/C14H19BrF3N3/c1-13(2,3)12-19-10(15)8-11(20-12)21-6-4-9(5-7-21)14(16,17)18/h8-9H,4-7H2,1-3H3. The van der Waals surface area contributed by atoms with Gasteiger partial charge in [0.05, 0.1) is 5.92 Å². The van der Waals surface area contributed by atoms with E-state index in [0.29, 0.717) is 29.3 Å². The van der Waals surface area contributed by atoms with Crippen LogP contribution in [0.4, 0.5) is 19.0 Å².